The van der Waals surface area contributed by atoms with Crippen molar-refractivity contribution in [1.29, 1.82) is 0 Å². The van der Waals surface area contributed by atoms with Crippen LogP contribution in [0.1, 0.15) is 40.3 Å². The number of aliphatic hydroxyl groups excluding tert-OH is 1. The molecule has 49 heavy (non-hydrogen) atoms. The van der Waals surface area contributed by atoms with Crippen LogP contribution in [-0.4, -0.2) is 49.9 Å². The lowest BCUT2D eigenvalue weighted by Gasteiger charge is -2.31. The van der Waals surface area contributed by atoms with Crippen molar-refractivity contribution < 1.29 is 28.8 Å². The van der Waals surface area contributed by atoms with Crippen LogP contribution in [0.4, 0.5) is 0 Å². The highest BCUT2D eigenvalue weighted by atomic mass is 79.9. The SMILES string of the molecule is COc1ccc(CNNC(=O)[C@@]2(Cc3ccccc3CN=[N+]=[N-])N=C(c3ccc(OCCCO)cc3)O[C@H]2c2ccc(Br)cc2)c(OC)c1. The van der Waals surface area contributed by atoms with Gasteiger partial charge >= 0.3 is 0 Å². The molecule has 254 valence electrons. The van der Waals surface area contributed by atoms with Crippen LogP contribution in [0.2, 0.25) is 0 Å². The van der Waals surface area contributed by atoms with Gasteiger partial charge < -0.3 is 24.1 Å². The Balaban J connectivity index is 1.55. The van der Waals surface area contributed by atoms with E-state index in [4.69, 9.17) is 34.6 Å². The molecule has 4 aromatic carbocycles. The summed E-state index contributed by atoms with van der Waals surface area (Å²) in [5, 5.41) is 12.9. The number of carbonyl (C=O) groups is 1. The highest BCUT2D eigenvalue weighted by Crippen LogP contribution is 2.43. The Hall–Kier alpha value is -5.07. The van der Waals surface area contributed by atoms with Gasteiger partial charge in [-0.15, -0.1) is 0 Å². The number of amides is 1. The molecule has 5 rings (SSSR count). The first kappa shape index (κ1) is 35.2. The van der Waals surface area contributed by atoms with Crippen molar-refractivity contribution in [3.05, 3.63) is 134 Å². The largest absolute Gasteiger partial charge is 0.497 e. The minimum atomic E-state index is -1.50. The lowest BCUT2D eigenvalue weighted by atomic mass is 9.81. The number of rotatable bonds is 16. The molecule has 1 heterocycles. The summed E-state index contributed by atoms with van der Waals surface area (Å²) in [5.41, 5.74) is 17.3. The quantitative estimate of drug-likeness (QED) is 0.0398. The van der Waals surface area contributed by atoms with Gasteiger partial charge in [-0.25, -0.2) is 10.4 Å². The summed E-state index contributed by atoms with van der Waals surface area (Å²) in [4.78, 5) is 22.7. The maximum atomic E-state index is 14.6. The van der Waals surface area contributed by atoms with E-state index in [1.54, 1.807) is 32.4 Å². The fraction of sp³-hybridized carbons (Fsp3) is 0.278. The Bertz CT molecular complexity index is 1810. The number of ether oxygens (including phenoxy) is 4. The number of hydrogen-bond donors (Lipinski definition) is 3. The van der Waals surface area contributed by atoms with Crippen molar-refractivity contribution >= 4 is 27.7 Å². The van der Waals surface area contributed by atoms with Crippen LogP contribution < -0.4 is 25.1 Å². The second-order valence-corrected chi connectivity index (χ2v) is 12.1. The number of halogens is 1. The Morgan fingerprint density at radius 2 is 1.73 bits per heavy atom. The Morgan fingerprint density at radius 1 is 1.00 bits per heavy atom. The Morgan fingerprint density at radius 3 is 2.43 bits per heavy atom. The van der Waals surface area contributed by atoms with E-state index in [9.17, 15) is 4.79 Å². The monoisotopic (exact) mass is 728 g/mol. The number of hydrogen-bond acceptors (Lipinski definition) is 9. The van der Waals surface area contributed by atoms with Crippen molar-refractivity contribution in [2.75, 3.05) is 27.4 Å². The number of benzene rings is 4. The van der Waals surface area contributed by atoms with Crippen LogP contribution in [0.5, 0.6) is 17.2 Å². The zero-order valence-electron chi connectivity index (χ0n) is 27.1. The Labute approximate surface area is 292 Å². The van der Waals surface area contributed by atoms with Crippen LogP contribution >= 0.6 is 15.9 Å². The highest BCUT2D eigenvalue weighted by Gasteiger charge is 2.53. The summed E-state index contributed by atoms with van der Waals surface area (Å²) in [6, 6.07) is 27.8. The topological polar surface area (TPSA) is 159 Å². The molecular formula is C36H37BrN6O6. The summed E-state index contributed by atoms with van der Waals surface area (Å²) in [6.45, 7) is 0.782. The second kappa shape index (κ2) is 16.8. The van der Waals surface area contributed by atoms with Crippen molar-refractivity contribution in [1.82, 2.24) is 10.9 Å². The fourth-order valence-corrected chi connectivity index (χ4v) is 5.79. The van der Waals surface area contributed by atoms with Crippen LogP contribution in [0.3, 0.4) is 0 Å². The van der Waals surface area contributed by atoms with Gasteiger partial charge in [-0.3, -0.25) is 10.2 Å². The van der Waals surface area contributed by atoms with Gasteiger partial charge in [-0.1, -0.05) is 63.5 Å². The normalized spacial score (nSPS) is 16.6. The third kappa shape index (κ3) is 8.51. The number of hydrazine groups is 1. The number of azide groups is 1. The van der Waals surface area contributed by atoms with Crippen LogP contribution in [0.15, 0.2) is 106 Å². The summed E-state index contributed by atoms with van der Waals surface area (Å²) >= 11 is 3.51. The van der Waals surface area contributed by atoms with Crippen LogP contribution in [-0.2, 0) is 29.0 Å². The molecule has 2 atom stereocenters. The molecule has 3 N–H and O–H groups in total. The molecule has 1 aliphatic heterocycles. The molecular weight excluding hydrogens is 692 g/mol. The van der Waals surface area contributed by atoms with E-state index in [-0.39, 0.29) is 32.0 Å². The van der Waals surface area contributed by atoms with E-state index in [0.717, 1.165) is 26.7 Å². The van der Waals surface area contributed by atoms with Gasteiger partial charge in [0.2, 0.25) is 5.90 Å². The first-order valence-electron chi connectivity index (χ1n) is 15.6. The van der Waals surface area contributed by atoms with Crippen LogP contribution in [0.25, 0.3) is 10.4 Å². The maximum Gasteiger partial charge on any atom is 0.266 e. The highest BCUT2D eigenvalue weighted by molar-refractivity contribution is 9.10. The predicted octanol–water partition coefficient (Wildman–Crippen LogP) is 6.36. The van der Waals surface area contributed by atoms with Gasteiger partial charge in [-0.05, 0) is 64.7 Å². The molecule has 12 nitrogen and oxygen atoms in total. The van der Waals surface area contributed by atoms with E-state index < -0.39 is 17.6 Å². The molecule has 13 heteroatoms. The third-order valence-corrected chi connectivity index (χ3v) is 8.59. The molecule has 0 bridgehead atoms. The molecule has 0 aliphatic carbocycles. The molecule has 0 fully saturated rings. The summed E-state index contributed by atoms with van der Waals surface area (Å²) in [5.74, 6) is 1.74. The molecule has 1 aliphatic rings. The molecule has 0 radical (unpaired) electrons. The van der Waals surface area contributed by atoms with E-state index in [2.05, 4.69) is 36.8 Å². The van der Waals surface area contributed by atoms with Crippen molar-refractivity contribution in [3.8, 4) is 17.2 Å². The van der Waals surface area contributed by atoms with Gasteiger partial charge in [0.15, 0.2) is 11.6 Å². The maximum absolute atomic E-state index is 14.6. The van der Waals surface area contributed by atoms with Gasteiger partial charge in [0.25, 0.3) is 5.91 Å². The van der Waals surface area contributed by atoms with Gasteiger partial charge in [0.1, 0.15) is 17.2 Å². The minimum Gasteiger partial charge on any atom is -0.497 e. The molecule has 0 unspecified atom stereocenters. The number of nitrogens with zero attached hydrogens (tertiary/aromatic N) is 4. The zero-order valence-corrected chi connectivity index (χ0v) is 28.7. The van der Waals surface area contributed by atoms with E-state index in [1.165, 1.54) is 0 Å². The van der Waals surface area contributed by atoms with Gasteiger partial charge in [0, 0.05) is 52.6 Å². The number of nitrogens with one attached hydrogen (secondary N) is 2. The average molecular weight is 730 g/mol. The first-order valence-corrected chi connectivity index (χ1v) is 16.4. The average Bonchev–Trinajstić information content (AvgIpc) is 3.52. The number of methoxy groups -OCH3 is 2. The molecule has 4 aromatic rings. The van der Waals surface area contributed by atoms with Crippen LogP contribution in [0, 0.1) is 0 Å². The van der Waals surface area contributed by atoms with E-state index in [0.29, 0.717) is 35.8 Å². The number of carbonyl (C=O) groups excluding carboxylic acids is 1. The van der Waals surface area contributed by atoms with Crippen molar-refractivity contribution in [2.45, 2.75) is 37.6 Å². The number of aliphatic hydroxyl groups is 1. The van der Waals surface area contributed by atoms with E-state index in [1.807, 2.05) is 72.8 Å². The third-order valence-electron chi connectivity index (χ3n) is 8.06. The molecule has 0 saturated heterocycles. The summed E-state index contributed by atoms with van der Waals surface area (Å²) in [7, 11) is 3.15. The smallest absolute Gasteiger partial charge is 0.266 e. The molecule has 0 saturated carbocycles. The molecule has 0 spiro atoms. The van der Waals surface area contributed by atoms with Crippen molar-refractivity contribution in [3.63, 3.8) is 0 Å². The lowest BCUT2D eigenvalue weighted by Crippen LogP contribution is -2.53. The fourth-order valence-electron chi connectivity index (χ4n) is 5.53. The van der Waals surface area contributed by atoms with Gasteiger partial charge in [-0.2, -0.15) is 0 Å². The van der Waals surface area contributed by atoms with Crippen molar-refractivity contribution in [2.24, 2.45) is 10.1 Å². The standard InChI is InChI=1S/C36H37BrN6O6/c1-46-31-17-12-28(32(20-31)47-2)23-39-42-35(45)36(21-26-6-3-4-7-27(26)22-40-43-38)33(24-8-13-29(37)14-9-24)49-34(41-36)25-10-15-30(16-11-25)48-19-5-18-44/h3-4,6-17,20,33,39,44H,5,18-19,21-23H2,1-2H3,(H,42,45)/t33-,36-/m0/s1. The predicted molar refractivity (Wildman–Crippen MR) is 188 cm³/mol. The second-order valence-electron chi connectivity index (χ2n) is 11.2. The zero-order chi connectivity index (χ0) is 34.6. The Kier molecular flexibility index (Phi) is 12.1. The van der Waals surface area contributed by atoms with E-state index >= 15 is 0 Å². The molecule has 1 amide bonds. The first-order chi connectivity index (χ1) is 23.9. The molecule has 0 aromatic heterocycles. The van der Waals surface area contributed by atoms with Gasteiger partial charge in [0.05, 0.1) is 27.4 Å². The summed E-state index contributed by atoms with van der Waals surface area (Å²) < 4.78 is 24.1. The minimum absolute atomic E-state index is 0.0405. The summed E-state index contributed by atoms with van der Waals surface area (Å²) in [6.07, 6.45) is -0.179. The number of aliphatic imine (C=N–C) groups is 1. The lowest BCUT2D eigenvalue weighted by molar-refractivity contribution is -0.130.